The first-order valence-corrected chi connectivity index (χ1v) is 20.0. The van der Waals surface area contributed by atoms with Gasteiger partial charge in [-0.25, -0.2) is 15.0 Å². The number of hydrogen-bond donors (Lipinski definition) is 0. The van der Waals surface area contributed by atoms with Crippen LogP contribution in [0.2, 0.25) is 0 Å². The summed E-state index contributed by atoms with van der Waals surface area (Å²) in [6.07, 6.45) is 0. The first-order valence-electron chi connectivity index (χ1n) is 20.0. The molecular weight excluding hydrogens is 721 g/mol. The van der Waals surface area contributed by atoms with Gasteiger partial charge in [0, 0.05) is 38.6 Å². The molecule has 13 rings (SSSR count). The van der Waals surface area contributed by atoms with Gasteiger partial charge in [-0.05, 0) is 57.6 Å². The predicted octanol–water partition coefficient (Wildman–Crippen LogP) is 13.1. The normalized spacial score (nSPS) is 13.2. The Labute approximate surface area is 339 Å². The monoisotopic (exact) mass is 752 g/mol. The first kappa shape index (κ1) is 32.2. The van der Waals surface area contributed by atoms with E-state index in [0.717, 1.165) is 77.7 Å². The lowest BCUT2D eigenvalue weighted by Crippen LogP contribution is -2.26. The van der Waals surface area contributed by atoms with Gasteiger partial charge in [-0.2, -0.15) is 0 Å². The van der Waals surface area contributed by atoms with Gasteiger partial charge in [0.2, 0.25) is 11.8 Å². The molecule has 0 bridgehead atoms. The van der Waals surface area contributed by atoms with Crippen molar-refractivity contribution in [1.82, 2.24) is 19.5 Å². The molecule has 2 aliphatic rings. The molecule has 0 amide bonds. The van der Waals surface area contributed by atoms with Crippen molar-refractivity contribution in [3.8, 4) is 62.2 Å². The second-order valence-corrected chi connectivity index (χ2v) is 15.4. The van der Waals surface area contributed by atoms with Crippen LogP contribution in [-0.2, 0) is 5.41 Å². The topological polar surface area (TPSA) is 56.7 Å². The van der Waals surface area contributed by atoms with E-state index < -0.39 is 5.41 Å². The zero-order valence-electron chi connectivity index (χ0n) is 31.7. The molecule has 0 fully saturated rings. The maximum absolute atomic E-state index is 7.11. The number of nitrogens with zero attached hydrogens (tertiary/aromatic N) is 4. The van der Waals surface area contributed by atoms with Gasteiger partial charge in [-0.3, -0.25) is 4.57 Å². The van der Waals surface area contributed by atoms with E-state index in [4.69, 9.17) is 19.4 Å². The molecular formula is C54H32N4O. The van der Waals surface area contributed by atoms with Crippen LogP contribution in [0, 0.1) is 0 Å². The molecule has 3 aromatic heterocycles. The molecule has 5 heteroatoms. The van der Waals surface area contributed by atoms with Gasteiger partial charge >= 0.3 is 0 Å². The van der Waals surface area contributed by atoms with E-state index in [9.17, 15) is 0 Å². The highest BCUT2D eigenvalue weighted by Crippen LogP contribution is 2.66. The third-order valence-corrected chi connectivity index (χ3v) is 12.5. The van der Waals surface area contributed by atoms with Gasteiger partial charge in [-0.1, -0.05) is 170 Å². The number of oxazole rings is 1. The summed E-state index contributed by atoms with van der Waals surface area (Å²) in [5, 5.41) is 2.08. The number of hydrogen-bond acceptors (Lipinski definition) is 4. The Kier molecular flexibility index (Phi) is 6.59. The number of fused-ring (bicyclic) bond motifs is 17. The van der Waals surface area contributed by atoms with E-state index >= 15 is 0 Å². The molecule has 0 saturated carbocycles. The minimum atomic E-state index is -0.684. The largest absolute Gasteiger partial charge is 0.435 e. The second-order valence-electron chi connectivity index (χ2n) is 15.4. The van der Waals surface area contributed by atoms with Crippen molar-refractivity contribution >= 4 is 32.9 Å². The number of benzene rings is 8. The van der Waals surface area contributed by atoms with Crippen LogP contribution in [0.15, 0.2) is 199 Å². The summed E-state index contributed by atoms with van der Waals surface area (Å²) in [5.74, 6) is 1.18. The van der Waals surface area contributed by atoms with Gasteiger partial charge in [-0.15, -0.1) is 0 Å². The average molecular weight is 753 g/mol. The molecule has 5 nitrogen and oxygen atoms in total. The first-order chi connectivity index (χ1) is 29.3. The van der Waals surface area contributed by atoms with Crippen LogP contribution >= 0.6 is 0 Å². The highest BCUT2D eigenvalue weighted by atomic mass is 16.3. The molecule has 0 radical (unpaired) electrons. The molecule has 0 saturated heterocycles. The minimum Gasteiger partial charge on any atom is -0.435 e. The van der Waals surface area contributed by atoms with Crippen molar-refractivity contribution < 1.29 is 4.42 Å². The summed E-state index contributed by atoms with van der Waals surface area (Å²) >= 11 is 0. The van der Waals surface area contributed by atoms with Crippen LogP contribution in [0.5, 0.6) is 0 Å². The summed E-state index contributed by atoms with van der Waals surface area (Å²) in [6.45, 7) is 0. The fraction of sp³-hybridized carbons (Fsp3) is 0.0185. The van der Waals surface area contributed by atoms with E-state index in [-0.39, 0.29) is 0 Å². The second kappa shape index (κ2) is 12.1. The van der Waals surface area contributed by atoms with Gasteiger partial charge in [0.25, 0.3) is 0 Å². The molecule has 1 spiro atoms. The maximum atomic E-state index is 7.11. The van der Waals surface area contributed by atoms with Crippen LogP contribution in [0.25, 0.3) is 95.1 Å². The van der Waals surface area contributed by atoms with Crippen molar-refractivity contribution in [2.75, 3.05) is 0 Å². The molecule has 59 heavy (non-hydrogen) atoms. The van der Waals surface area contributed by atoms with Crippen molar-refractivity contribution in [1.29, 1.82) is 0 Å². The summed E-state index contributed by atoms with van der Waals surface area (Å²) < 4.78 is 9.42. The fourth-order valence-electron chi connectivity index (χ4n) is 10.1. The molecule has 3 heterocycles. The molecule has 0 atom stereocenters. The minimum absolute atomic E-state index is 0.589. The Hall–Kier alpha value is -7.89. The van der Waals surface area contributed by atoms with Crippen LogP contribution in [0.1, 0.15) is 22.3 Å². The van der Waals surface area contributed by atoms with Crippen LogP contribution < -0.4 is 0 Å². The van der Waals surface area contributed by atoms with Gasteiger partial charge in [0.05, 0.1) is 27.8 Å². The van der Waals surface area contributed by atoms with Crippen LogP contribution in [0.4, 0.5) is 0 Å². The Bertz CT molecular complexity index is 3390. The Morgan fingerprint density at radius 3 is 1.56 bits per heavy atom. The molecule has 0 aliphatic heterocycles. The Balaban J connectivity index is 1.28. The smallest absolute Gasteiger partial charge is 0.235 e. The van der Waals surface area contributed by atoms with E-state index in [2.05, 4.69) is 168 Å². The zero-order chi connectivity index (χ0) is 38.7. The Morgan fingerprint density at radius 1 is 0.458 bits per heavy atom. The SMILES string of the molecule is c1ccc(-c2cc(-c3ccccc3)nc(-n3c4ccccc4c4c5nc(-c6ccccc6)oc5c5c(c43)C3(c4ccccc4-c4ccccc43)c3ccccc3-5)n2)cc1. The number of rotatable bonds is 4. The molecule has 11 aromatic rings. The van der Waals surface area contributed by atoms with E-state index in [1.165, 1.54) is 27.8 Å². The van der Waals surface area contributed by atoms with Crippen molar-refractivity contribution in [2.24, 2.45) is 0 Å². The third kappa shape index (κ3) is 4.31. The lowest BCUT2D eigenvalue weighted by Gasteiger charge is -2.31. The van der Waals surface area contributed by atoms with E-state index in [1.807, 2.05) is 30.3 Å². The number of para-hydroxylation sites is 1. The van der Waals surface area contributed by atoms with Gasteiger partial charge in [0.1, 0.15) is 5.52 Å². The van der Waals surface area contributed by atoms with Crippen molar-refractivity contribution in [3.63, 3.8) is 0 Å². The lowest BCUT2D eigenvalue weighted by molar-refractivity contribution is 0.620. The highest BCUT2D eigenvalue weighted by Gasteiger charge is 2.54. The lowest BCUT2D eigenvalue weighted by atomic mass is 9.70. The van der Waals surface area contributed by atoms with E-state index in [1.54, 1.807) is 0 Å². The molecule has 0 N–H and O–H groups in total. The molecule has 2 aliphatic carbocycles. The van der Waals surface area contributed by atoms with Crippen LogP contribution in [-0.4, -0.2) is 19.5 Å². The molecule has 0 unspecified atom stereocenters. The average Bonchev–Trinajstić information content (AvgIpc) is 4.06. The maximum Gasteiger partial charge on any atom is 0.235 e. The van der Waals surface area contributed by atoms with Gasteiger partial charge in [0.15, 0.2) is 5.58 Å². The third-order valence-electron chi connectivity index (χ3n) is 12.5. The number of aromatic nitrogens is 4. The molecule has 274 valence electrons. The quantitative estimate of drug-likeness (QED) is 0.180. The summed E-state index contributed by atoms with van der Waals surface area (Å²) in [7, 11) is 0. The highest BCUT2D eigenvalue weighted by molar-refractivity contribution is 6.26. The predicted molar refractivity (Wildman–Crippen MR) is 237 cm³/mol. The van der Waals surface area contributed by atoms with Crippen molar-refractivity contribution in [2.45, 2.75) is 5.41 Å². The van der Waals surface area contributed by atoms with Crippen molar-refractivity contribution in [3.05, 3.63) is 216 Å². The van der Waals surface area contributed by atoms with Gasteiger partial charge < -0.3 is 4.42 Å². The Morgan fingerprint density at radius 2 is 0.949 bits per heavy atom. The zero-order valence-corrected chi connectivity index (χ0v) is 31.7. The summed E-state index contributed by atoms with van der Waals surface area (Å²) in [6, 6.07) is 68.5. The summed E-state index contributed by atoms with van der Waals surface area (Å²) in [4.78, 5) is 16.4. The standard InChI is InChI=1S/C54H32N4O/c1-4-18-33(19-5-1)43-32-44(34-20-6-2-7-21-34)56-53(55-43)58-45-31-17-13-27-39(45)47-49-51(59-52(57-49)35-22-8-3-9-23-35)46-38-26-12-16-30-42(38)54(48(46)50(47)58)40-28-14-10-24-36(40)37-25-11-15-29-41(37)54/h1-32H. The summed E-state index contributed by atoms with van der Waals surface area (Å²) in [5.41, 5.74) is 17.1. The van der Waals surface area contributed by atoms with E-state index in [0.29, 0.717) is 11.8 Å². The fourth-order valence-corrected chi connectivity index (χ4v) is 10.1. The van der Waals surface area contributed by atoms with Crippen LogP contribution in [0.3, 0.4) is 0 Å². The molecule has 8 aromatic carbocycles.